The zero-order chi connectivity index (χ0) is 80.8. The first-order valence-electron chi connectivity index (χ1n) is 38.1. The van der Waals surface area contributed by atoms with Gasteiger partial charge < -0.3 is 163 Å². The van der Waals surface area contributed by atoms with E-state index in [1.165, 1.54) is 41.1 Å². The fourth-order valence-electron chi connectivity index (χ4n) is 20.5. The molecule has 0 unspecified atom stereocenters. The molecule has 10 fully saturated rings. The number of hydrogen-bond donors (Lipinski definition) is 18. The Bertz CT molecular complexity index is 3470. The molecule has 0 bridgehead atoms. The maximum absolute atomic E-state index is 16.1. The molecule has 1 aromatic rings. The molecule has 36 nitrogen and oxygen atoms in total. The average molecular weight is 1590 g/mol. The quantitative estimate of drug-likeness (QED) is 0.0243. The Morgan fingerprint density at radius 1 is 0.532 bits per heavy atom. The van der Waals surface area contributed by atoms with E-state index in [-0.39, 0.29) is 32.1 Å². The molecule has 18 N–H and O–H groups in total. The second-order valence-corrected chi connectivity index (χ2v) is 33.7. The topological polar surface area (TPSA) is 554 Å². The molecule has 1 aromatic carbocycles. The van der Waals surface area contributed by atoms with Crippen LogP contribution in [0.5, 0.6) is 11.5 Å². The van der Waals surface area contributed by atoms with Crippen molar-refractivity contribution in [3.63, 3.8) is 0 Å². The van der Waals surface area contributed by atoms with E-state index in [0.717, 1.165) is 11.6 Å². The number of ether oxygens (including phenoxy) is 15. The Balaban J connectivity index is 0.811. The van der Waals surface area contributed by atoms with Gasteiger partial charge >= 0.3 is 17.9 Å². The van der Waals surface area contributed by atoms with Crippen molar-refractivity contribution in [3.8, 4) is 11.5 Å². The van der Waals surface area contributed by atoms with E-state index < -0.39 is 285 Å². The van der Waals surface area contributed by atoms with Gasteiger partial charge in [-0.1, -0.05) is 45.4 Å². The number of rotatable bonds is 21. The van der Waals surface area contributed by atoms with Gasteiger partial charge in [-0.2, -0.15) is 0 Å². The number of carbonyl (C=O) groups excluding carboxylic acids is 2. The SMILES string of the molecule is COc1ccc(/C=C/C(=O)O[C@@H]2[C@H](O)[C@@H](O[C@@H]3O[C@@H](C)[C@H](O[C@@H]4OC[C@@H](O[C@H]5O[C@H](CO)[C@H](O)[C@H](O)[C@H]5O)[C@H](O[C@@H]5OC[C@H](O)[C@H](O)[C@H]5O)[C@H]4O)[C@@H](O)[C@H]3O)[C@H](OC(=O)[C@]34CCC(C)(C)C[C@H]3C3=CC[C@@H]5[C@@]6(C)C[C@H](O)[C@H](O[C@@H]7O[C@H](CO)[C@@H](O)[C@H](O)[C@H]7O)[C@@](C)(C(=O)O)[C@@H]6CC[C@@]5(C)[C@]3(CO)CC4)O[C@@H]2C)cc1OC. The van der Waals surface area contributed by atoms with Gasteiger partial charge in [-0.25, -0.2) is 4.79 Å². The lowest BCUT2D eigenvalue weighted by atomic mass is 9.33. The highest BCUT2D eigenvalue weighted by Crippen LogP contribution is 2.76. The van der Waals surface area contributed by atoms with Gasteiger partial charge in [-0.15, -0.1) is 0 Å². The maximum atomic E-state index is 16.1. The summed E-state index contributed by atoms with van der Waals surface area (Å²) in [6, 6.07) is 4.85. The summed E-state index contributed by atoms with van der Waals surface area (Å²) in [7, 11) is 2.89. The van der Waals surface area contributed by atoms with Gasteiger partial charge in [0.05, 0.1) is 76.4 Å². The number of allylic oxidation sites excluding steroid dienone is 1. The van der Waals surface area contributed by atoms with E-state index in [2.05, 4.69) is 20.8 Å². The van der Waals surface area contributed by atoms with Crippen molar-refractivity contribution in [1.82, 2.24) is 0 Å². The molecule has 0 radical (unpaired) electrons. The van der Waals surface area contributed by atoms with Gasteiger partial charge in [0.25, 0.3) is 0 Å². The summed E-state index contributed by atoms with van der Waals surface area (Å²) >= 11 is 0. The number of hydrogen-bond acceptors (Lipinski definition) is 35. The highest BCUT2D eigenvalue weighted by atomic mass is 16.8. The largest absolute Gasteiger partial charge is 0.493 e. The van der Waals surface area contributed by atoms with Crippen LogP contribution in [0.3, 0.4) is 0 Å². The fraction of sp³-hybridized carbons (Fsp3) is 0.827. The Morgan fingerprint density at radius 3 is 1.73 bits per heavy atom. The molecule has 36 heteroatoms. The predicted octanol–water partition coefficient (Wildman–Crippen LogP) is -3.76. The molecule has 6 saturated heterocycles. The van der Waals surface area contributed by atoms with E-state index >= 15 is 4.79 Å². The van der Waals surface area contributed by atoms with Crippen molar-refractivity contribution < 1.29 is 177 Å². The summed E-state index contributed by atoms with van der Waals surface area (Å²) in [5.74, 6) is -4.08. The van der Waals surface area contributed by atoms with E-state index in [0.29, 0.717) is 42.7 Å². The zero-order valence-corrected chi connectivity index (χ0v) is 63.3. The molecule has 5 aliphatic carbocycles. The van der Waals surface area contributed by atoms with Crippen molar-refractivity contribution in [2.75, 3.05) is 47.3 Å². The van der Waals surface area contributed by atoms with Crippen molar-refractivity contribution in [2.24, 2.45) is 50.2 Å². The van der Waals surface area contributed by atoms with Crippen molar-refractivity contribution in [2.45, 2.75) is 290 Å². The van der Waals surface area contributed by atoms with E-state index in [4.69, 9.17) is 71.1 Å². The van der Waals surface area contributed by atoms with Gasteiger partial charge in [-0.3, -0.25) is 9.59 Å². The first kappa shape index (κ1) is 85.9. The number of carboxylic acids is 1. The normalized spacial score (nSPS) is 49.2. The molecule has 111 heavy (non-hydrogen) atoms. The molecule has 0 amide bonds. The number of esters is 2. The lowest BCUT2D eigenvalue weighted by Crippen LogP contribution is -2.71. The standard InChI is InChI=1S/C75H112O36/c1-30-57(107-63-56(93)59(108-62-51(88)45(82)36(80)27-99-62)41(28-100-63)105-65-52(89)48(85)46(83)39(25-76)103-65)50(87)54(91)64(101-30)109-60-55(92)58(106-44(81)15-11-32-10-13-37(97-8)38(22-32)98-9)31(2)102-67(60)111-69(96)74-19-18-70(3,4)23-34(74)33-12-14-42-71(5)24-35(79)61(110-66-53(90)49(86)47(84)40(26-77)104-66)73(7,68(94)95)43(71)16-17-72(42,6)75(33,29-78)21-20-74/h10-13,15,22,30-31,34-36,39-43,45-67,76-80,82-93H,14,16-21,23-29H2,1-9H3,(H,94,95)/b15-11+/t30-,31+,34-,35-,36-,39+,40+,41+,42+,43+,45-,46-,47+,48-,49-,50-,51+,52+,53+,54+,55-,56+,57-,58-,59-,60+,61-,62-,63-,64-,65+,66-,67-,71+,72+,73-,74-,75-/m0/s1. The van der Waals surface area contributed by atoms with Crippen LogP contribution in [0.1, 0.15) is 112 Å². The third-order valence-corrected chi connectivity index (χ3v) is 26.9. The number of benzene rings is 1. The molecule has 0 spiro atoms. The second-order valence-electron chi connectivity index (χ2n) is 33.7. The minimum Gasteiger partial charge on any atom is -0.493 e. The van der Waals surface area contributed by atoms with Crippen LogP contribution in [-0.2, 0) is 76.0 Å². The van der Waals surface area contributed by atoms with E-state index in [1.54, 1.807) is 18.2 Å². The van der Waals surface area contributed by atoms with Gasteiger partial charge in [0.15, 0.2) is 55.2 Å². The van der Waals surface area contributed by atoms with Gasteiger partial charge in [-0.05, 0) is 136 Å². The van der Waals surface area contributed by atoms with Crippen LogP contribution < -0.4 is 9.47 Å². The summed E-state index contributed by atoms with van der Waals surface area (Å²) in [6.07, 6.45) is -46.0. The minimum absolute atomic E-state index is 0.0141. The van der Waals surface area contributed by atoms with Crippen LogP contribution in [0.4, 0.5) is 0 Å². The highest BCUT2D eigenvalue weighted by molar-refractivity contribution is 5.87. The summed E-state index contributed by atoms with van der Waals surface area (Å²) in [4.78, 5) is 43.9. The van der Waals surface area contributed by atoms with Crippen molar-refractivity contribution in [3.05, 3.63) is 41.5 Å². The summed E-state index contributed by atoms with van der Waals surface area (Å²) in [5, 5.41) is 201. The van der Waals surface area contributed by atoms with E-state index in [1.807, 2.05) is 13.0 Å². The summed E-state index contributed by atoms with van der Waals surface area (Å²) < 4.78 is 89.3. The van der Waals surface area contributed by atoms with Crippen LogP contribution in [0, 0.1) is 50.2 Å². The Hall–Kier alpha value is -4.41. The molecule has 12 rings (SSSR count). The number of aliphatic hydroxyl groups excluding tert-OH is 17. The first-order valence-corrected chi connectivity index (χ1v) is 38.1. The lowest BCUT2D eigenvalue weighted by molar-refractivity contribution is -0.388. The number of carbonyl (C=O) groups is 3. The lowest BCUT2D eigenvalue weighted by Gasteiger charge is -2.71. The van der Waals surface area contributed by atoms with Crippen LogP contribution in [0.15, 0.2) is 35.9 Å². The molecule has 0 aromatic heterocycles. The Kier molecular flexibility index (Phi) is 25.7. The average Bonchev–Trinajstić information content (AvgIpc) is 0.668. The highest BCUT2D eigenvalue weighted by Gasteiger charge is 2.74. The number of carboxylic acid groups (broad SMARTS) is 1. The number of fused-ring (bicyclic) bond motifs is 7. The molecule has 38 atom stereocenters. The van der Waals surface area contributed by atoms with Crippen LogP contribution in [-0.4, -0.2) is 341 Å². The number of aliphatic hydroxyl groups is 17. The molecular weight excluding hydrogens is 1480 g/mol. The van der Waals surface area contributed by atoms with Crippen LogP contribution in [0.2, 0.25) is 0 Å². The summed E-state index contributed by atoms with van der Waals surface area (Å²) in [6.45, 7) is 9.24. The smallest absolute Gasteiger partial charge is 0.331 e. The molecule has 4 saturated carbocycles. The van der Waals surface area contributed by atoms with Crippen molar-refractivity contribution >= 4 is 24.0 Å². The molecule has 6 aliphatic heterocycles. The fourth-order valence-corrected chi connectivity index (χ4v) is 20.5. The Morgan fingerprint density at radius 2 is 1.10 bits per heavy atom. The maximum Gasteiger partial charge on any atom is 0.331 e. The Labute approximate surface area is 640 Å². The van der Waals surface area contributed by atoms with Gasteiger partial charge in [0, 0.05) is 11.5 Å². The second kappa shape index (κ2) is 33.2. The molecular formula is C75H112O36. The monoisotopic (exact) mass is 1590 g/mol. The van der Waals surface area contributed by atoms with Gasteiger partial charge in [0.1, 0.15) is 116 Å². The van der Waals surface area contributed by atoms with E-state index in [9.17, 15) is 102 Å². The summed E-state index contributed by atoms with van der Waals surface area (Å²) in [5.41, 5.74) is -5.24. The third kappa shape index (κ3) is 15.2. The third-order valence-electron chi connectivity index (χ3n) is 26.9. The number of methoxy groups -OCH3 is 2. The molecule has 6 heterocycles. The molecule has 628 valence electrons. The molecule has 11 aliphatic rings. The predicted molar refractivity (Wildman–Crippen MR) is 370 cm³/mol. The van der Waals surface area contributed by atoms with Crippen LogP contribution in [0.25, 0.3) is 6.08 Å². The zero-order valence-electron chi connectivity index (χ0n) is 63.3. The minimum atomic E-state index is -2.16. The first-order chi connectivity index (χ1) is 52.3. The van der Waals surface area contributed by atoms with Gasteiger partial charge in [0.2, 0.25) is 6.29 Å². The van der Waals surface area contributed by atoms with Crippen LogP contribution >= 0.6 is 0 Å². The number of aliphatic carboxylic acids is 1. The van der Waals surface area contributed by atoms with Crippen molar-refractivity contribution in [1.29, 1.82) is 0 Å².